The van der Waals surface area contributed by atoms with Crippen LogP contribution < -0.4 is 22.1 Å². The lowest BCUT2D eigenvalue weighted by molar-refractivity contribution is -0.122. The first-order valence-electron chi connectivity index (χ1n) is 21.2. The summed E-state index contributed by atoms with van der Waals surface area (Å²) < 4.78 is 58.8. The molecule has 3 aromatic heterocycles. The maximum absolute atomic E-state index is 15.0. The average molecular weight is 919 g/mol. The number of phosphoric acid groups is 1. The summed E-state index contributed by atoms with van der Waals surface area (Å²) in [5, 5.41) is 2.60. The van der Waals surface area contributed by atoms with E-state index >= 15 is 4.57 Å². The second-order valence-corrected chi connectivity index (χ2v) is 20.3. The Bertz CT molecular complexity index is 2380. The number of aromatic nitrogens is 6. The Labute approximate surface area is 367 Å². The number of aromatic amines is 2. The van der Waals surface area contributed by atoms with E-state index in [1.807, 2.05) is 6.92 Å². The lowest BCUT2D eigenvalue weighted by atomic mass is 9.97. The number of rotatable bonds is 21. The van der Waals surface area contributed by atoms with E-state index in [-0.39, 0.29) is 67.0 Å². The molecule has 0 saturated carbocycles. The molecule has 2 aliphatic rings. The van der Waals surface area contributed by atoms with Crippen molar-refractivity contribution < 1.29 is 36.9 Å². The van der Waals surface area contributed by atoms with Crippen LogP contribution in [-0.4, -0.2) is 108 Å². The van der Waals surface area contributed by atoms with Crippen molar-refractivity contribution >= 4 is 39.1 Å². The predicted octanol–water partition coefficient (Wildman–Crippen LogP) is 5.91. The Morgan fingerprint density at radius 3 is 2.33 bits per heavy atom. The van der Waals surface area contributed by atoms with Gasteiger partial charge in [-0.1, -0.05) is 20.8 Å². The number of amides is 1. The van der Waals surface area contributed by atoms with Gasteiger partial charge in [0.15, 0.2) is 11.2 Å². The fraction of sp³-hybridized carbons (Fsp3) is 0.700. The number of carbonyl (C=O) groups is 1. The second kappa shape index (κ2) is 21.2. The Kier molecular flexibility index (Phi) is 16.8. The topological polar surface area (TPSA) is 232 Å². The molecule has 5 heterocycles. The first kappa shape index (κ1) is 49.9. The van der Waals surface area contributed by atoms with Crippen LogP contribution in [0.1, 0.15) is 106 Å². The zero-order valence-electron chi connectivity index (χ0n) is 37.5. The highest BCUT2D eigenvalue weighted by molar-refractivity contribution is 7.50. The number of carbonyl (C=O) groups excluding carboxylic acids is 1. The molecule has 0 aliphatic carbocycles. The van der Waals surface area contributed by atoms with E-state index in [9.17, 15) is 19.2 Å². The molecule has 3 aromatic rings. The molecule has 8 atom stereocenters. The third kappa shape index (κ3) is 12.0. The summed E-state index contributed by atoms with van der Waals surface area (Å²) in [4.78, 5) is 71.4. The van der Waals surface area contributed by atoms with Crippen molar-refractivity contribution in [1.82, 2.24) is 33.7 Å². The fourth-order valence-corrected chi connectivity index (χ4v) is 11.8. The molecular formula is C40H60N10O11P2. The molecular weight excluding hydrogens is 858 g/mol. The summed E-state index contributed by atoms with van der Waals surface area (Å²) in [6.45, 7) is 33.0. The minimum Gasteiger partial charge on any atom is -0.352 e. The lowest BCUT2D eigenvalue weighted by Crippen LogP contribution is -2.46. The van der Waals surface area contributed by atoms with E-state index < -0.39 is 75.4 Å². The van der Waals surface area contributed by atoms with Crippen molar-refractivity contribution in [3.05, 3.63) is 72.1 Å². The minimum absolute atomic E-state index is 0.0164. The molecule has 2 aliphatic heterocycles. The van der Waals surface area contributed by atoms with E-state index in [2.05, 4.69) is 67.3 Å². The van der Waals surface area contributed by atoms with Crippen LogP contribution in [0.25, 0.3) is 20.9 Å². The number of nitrogens with zero attached hydrogens (tertiary/aromatic N) is 7. The quantitative estimate of drug-likeness (QED) is 0.0641. The minimum atomic E-state index is -4.62. The van der Waals surface area contributed by atoms with E-state index in [1.165, 1.54) is 17.1 Å². The standard InChI is InChI=1S/C40H60N10O11P2/c1-13-27-28(19-31(57-27)49-22-43-32-34(49)44-38(46-37(32)53)45-35(51)23(2)3)60-63(55,56-17-16-42-12)61-40(9,10)33-29(20-30(58-33)48-21-26(8)36(52)47-39(48)54)59-62(18-14-15-41-11)50(24(4)5)25(6)7/h21-25,27-31,33H,13-20H2,1-10H3,(H,47,52,54)(H2,44,45,46,51,53)/t27-,28-,29-,30-,31-,33+,62?,63?/m1/s1. The molecule has 0 aromatic carbocycles. The first-order chi connectivity index (χ1) is 29.7. The Morgan fingerprint density at radius 2 is 1.70 bits per heavy atom. The number of aryl methyl sites for hydroxylation is 1. The number of hydrogen-bond acceptors (Lipinski definition) is 14. The van der Waals surface area contributed by atoms with Gasteiger partial charge >= 0.3 is 13.5 Å². The van der Waals surface area contributed by atoms with E-state index in [4.69, 9.17) is 40.7 Å². The SMILES string of the molecule is [C-]#[N+]CCCP(O[C@@H]1C[C@H](n2cc(C)c(=O)[nH]c2=O)O[C@@H]1C(C)(C)OP(=O)(OCC[N+]#[C-])O[C@@H]1C[C@H](n2cnc3c(=O)[nH]c(NC(=O)C(C)C)nc32)O[C@@H]1CC)N(C(C)C)C(C)C. The summed E-state index contributed by atoms with van der Waals surface area (Å²) >= 11 is 0. The largest absolute Gasteiger partial charge is 0.476 e. The van der Waals surface area contributed by atoms with Crippen LogP contribution in [0, 0.1) is 26.0 Å². The number of anilines is 1. The molecule has 1 amide bonds. The van der Waals surface area contributed by atoms with E-state index in [1.54, 1.807) is 39.2 Å². The van der Waals surface area contributed by atoms with Crippen molar-refractivity contribution in [2.24, 2.45) is 5.92 Å². The number of imidazole rings is 1. The number of phosphoric ester groups is 1. The zero-order chi connectivity index (χ0) is 46.4. The van der Waals surface area contributed by atoms with E-state index in [0.717, 1.165) is 0 Å². The predicted molar refractivity (Wildman–Crippen MR) is 235 cm³/mol. The molecule has 23 heteroatoms. The Balaban J connectivity index is 1.48. The normalized spacial score (nSPS) is 23.1. The maximum Gasteiger partial charge on any atom is 0.476 e. The van der Waals surface area contributed by atoms with Gasteiger partial charge in [0.25, 0.3) is 11.1 Å². The van der Waals surface area contributed by atoms with Gasteiger partial charge in [-0.2, -0.15) is 4.98 Å². The van der Waals surface area contributed by atoms with Gasteiger partial charge in [0, 0.05) is 55.2 Å². The lowest BCUT2D eigenvalue weighted by Gasteiger charge is -2.41. The fourth-order valence-electron chi connectivity index (χ4n) is 7.68. The van der Waals surface area contributed by atoms with Gasteiger partial charge in [0.05, 0.1) is 24.6 Å². The van der Waals surface area contributed by atoms with Gasteiger partial charge in [0.2, 0.25) is 24.9 Å². The first-order valence-corrected chi connectivity index (χ1v) is 24.0. The highest BCUT2D eigenvalue weighted by Crippen LogP contribution is 2.58. The summed E-state index contributed by atoms with van der Waals surface area (Å²) in [6.07, 6.45) is -0.444. The van der Waals surface area contributed by atoms with Crippen LogP contribution in [0.5, 0.6) is 0 Å². The smallest absolute Gasteiger partial charge is 0.352 e. The van der Waals surface area contributed by atoms with Gasteiger partial charge in [0.1, 0.15) is 39.1 Å². The molecule has 63 heavy (non-hydrogen) atoms. The molecule has 346 valence electrons. The monoisotopic (exact) mass is 918 g/mol. The average Bonchev–Trinajstić information content (AvgIpc) is 3.93. The molecule has 0 bridgehead atoms. The van der Waals surface area contributed by atoms with Crippen molar-refractivity contribution in [3.63, 3.8) is 0 Å². The van der Waals surface area contributed by atoms with E-state index in [0.29, 0.717) is 31.1 Å². The van der Waals surface area contributed by atoms with Crippen molar-refractivity contribution in [1.29, 1.82) is 0 Å². The molecule has 2 fully saturated rings. The summed E-state index contributed by atoms with van der Waals surface area (Å²) in [7, 11) is -5.97. The van der Waals surface area contributed by atoms with Crippen LogP contribution in [0.15, 0.2) is 26.9 Å². The molecule has 2 saturated heterocycles. The molecule has 21 nitrogen and oxygen atoms in total. The highest BCUT2D eigenvalue weighted by atomic mass is 31.2. The van der Waals surface area contributed by atoms with Gasteiger partial charge in [-0.3, -0.25) is 57.0 Å². The van der Waals surface area contributed by atoms with Crippen LogP contribution >= 0.6 is 16.1 Å². The maximum atomic E-state index is 15.0. The van der Waals surface area contributed by atoms with Crippen molar-refractivity contribution in [3.8, 4) is 0 Å². The van der Waals surface area contributed by atoms with Crippen molar-refractivity contribution in [2.75, 3.05) is 31.2 Å². The molecule has 0 radical (unpaired) electrons. The van der Waals surface area contributed by atoms with Crippen LogP contribution in [0.3, 0.4) is 0 Å². The number of ether oxygens (including phenoxy) is 2. The van der Waals surface area contributed by atoms with Crippen LogP contribution in [0.4, 0.5) is 5.95 Å². The van der Waals surface area contributed by atoms with Gasteiger partial charge < -0.3 is 23.7 Å². The number of nitrogens with one attached hydrogen (secondary N) is 3. The highest BCUT2D eigenvalue weighted by Gasteiger charge is 2.53. The summed E-state index contributed by atoms with van der Waals surface area (Å²) in [5.41, 5.74) is -2.85. The third-order valence-corrected chi connectivity index (χ3v) is 14.9. The van der Waals surface area contributed by atoms with Crippen molar-refractivity contribution in [2.45, 2.75) is 149 Å². The second-order valence-electron chi connectivity index (χ2n) is 16.9. The van der Waals surface area contributed by atoms with Gasteiger partial charge in [-0.05, 0) is 54.9 Å². The van der Waals surface area contributed by atoms with Crippen LogP contribution in [-0.2, 0) is 36.9 Å². The summed E-state index contributed by atoms with van der Waals surface area (Å²) in [6, 6.07) is 0.153. The summed E-state index contributed by atoms with van der Waals surface area (Å²) in [5.74, 6) is -0.782. The Hall–Kier alpha value is -4.14. The number of H-pyrrole nitrogens is 2. The molecule has 3 N–H and O–H groups in total. The van der Waals surface area contributed by atoms with Gasteiger partial charge in [-0.15, -0.1) is 0 Å². The van der Waals surface area contributed by atoms with Crippen LogP contribution in [0.2, 0.25) is 0 Å². The zero-order valence-corrected chi connectivity index (χ0v) is 39.3. The number of fused-ring (bicyclic) bond motifs is 1. The van der Waals surface area contributed by atoms with Gasteiger partial charge in [-0.25, -0.2) is 27.5 Å². The molecule has 2 unspecified atom stereocenters. The third-order valence-electron chi connectivity index (χ3n) is 10.6. The number of hydrogen-bond donors (Lipinski definition) is 3. The molecule has 0 spiro atoms. The molecule has 5 rings (SSSR count). The Morgan fingerprint density at radius 1 is 1.03 bits per heavy atom.